The van der Waals surface area contributed by atoms with Gasteiger partial charge in [-0.3, -0.25) is 9.78 Å². The third kappa shape index (κ3) is 2.80. The van der Waals surface area contributed by atoms with Crippen LogP contribution >= 0.6 is 0 Å². The van der Waals surface area contributed by atoms with Gasteiger partial charge in [0.2, 0.25) is 5.91 Å². The van der Waals surface area contributed by atoms with E-state index in [0.717, 1.165) is 29.8 Å². The summed E-state index contributed by atoms with van der Waals surface area (Å²) in [5.41, 5.74) is 1.25. The van der Waals surface area contributed by atoms with Crippen LogP contribution in [0.5, 0.6) is 0 Å². The van der Waals surface area contributed by atoms with E-state index in [9.17, 15) is 18.0 Å². The zero-order valence-electron chi connectivity index (χ0n) is 15.1. The van der Waals surface area contributed by atoms with E-state index in [1.165, 1.54) is 12.1 Å². The number of nitrogens with zero attached hydrogens (tertiary/aromatic N) is 1. The molecule has 1 saturated carbocycles. The van der Waals surface area contributed by atoms with Crippen molar-refractivity contribution in [2.75, 3.05) is 5.32 Å². The van der Waals surface area contributed by atoms with Crippen LogP contribution in [0.25, 0.3) is 0 Å². The normalized spacial score (nSPS) is 32.9. The fourth-order valence-electron chi connectivity index (χ4n) is 4.97. The lowest BCUT2D eigenvalue weighted by Gasteiger charge is -2.27. The van der Waals surface area contributed by atoms with Gasteiger partial charge in [-0.2, -0.15) is 13.2 Å². The summed E-state index contributed by atoms with van der Waals surface area (Å²) < 4.78 is 45.0. The first-order chi connectivity index (χ1) is 13.3. The van der Waals surface area contributed by atoms with Gasteiger partial charge in [0.1, 0.15) is 0 Å². The Bertz CT molecular complexity index is 945. The molecule has 3 aliphatic rings. The second-order valence-electron chi connectivity index (χ2n) is 7.98. The van der Waals surface area contributed by atoms with Crippen LogP contribution in [0.1, 0.15) is 29.2 Å². The number of ether oxygens (including phenoxy) is 1. The number of rotatable bonds is 3. The van der Waals surface area contributed by atoms with Gasteiger partial charge in [-0.1, -0.05) is 6.07 Å². The van der Waals surface area contributed by atoms with Gasteiger partial charge in [-0.15, -0.1) is 0 Å². The Hall–Kier alpha value is -2.41. The summed E-state index contributed by atoms with van der Waals surface area (Å²) in [4.78, 5) is 17.3. The molecule has 1 aromatic carbocycles. The molecule has 2 saturated heterocycles. The molecule has 2 bridgehead atoms. The van der Waals surface area contributed by atoms with Crippen LogP contribution in [-0.2, 0) is 15.7 Å². The molecule has 0 spiro atoms. The number of alkyl halides is 3. The second-order valence-corrected chi connectivity index (χ2v) is 7.98. The number of carbonyl (C=O) groups is 1. The average molecular weight is 388 g/mol. The predicted molar refractivity (Wildman–Crippen MR) is 95.5 cm³/mol. The van der Waals surface area contributed by atoms with Gasteiger partial charge in [-0.05, 0) is 61.1 Å². The SMILES string of the molecule is Cc1cc([C@@H]2[C@@H]3O[C@@H]([C@H]4C[C@H]43)[C@H]2C(=O)Nc2cccc(C(F)(F)F)c2)ccn1. The van der Waals surface area contributed by atoms with Gasteiger partial charge in [0.15, 0.2) is 0 Å². The van der Waals surface area contributed by atoms with Crippen LogP contribution in [0.2, 0.25) is 0 Å². The molecule has 6 atom stereocenters. The fourth-order valence-corrected chi connectivity index (χ4v) is 4.97. The van der Waals surface area contributed by atoms with Crippen LogP contribution in [0, 0.1) is 24.7 Å². The lowest BCUT2D eigenvalue weighted by atomic mass is 9.75. The minimum absolute atomic E-state index is 0.00550. The highest BCUT2D eigenvalue weighted by Gasteiger charge is 2.68. The third-order valence-corrected chi connectivity index (χ3v) is 6.21. The molecule has 4 nitrogen and oxygen atoms in total. The highest BCUT2D eigenvalue weighted by atomic mass is 19.4. The fraction of sp³-hybridized carbons (Fsp3) is 0.429. The highest BCUT2D eigenvalue weighted by molar-refractivity contribution is 5.94. The molecule has 1 aromatic heterocycles. The van der Waals surface area contributed by atoms with Gasteiger partial charge in [-0.25, -0.2) is 0 Å². The second kappa shape index (κ2) is 6.04. The van der Waals surface area contributed by atoms with Crippen LogP contribution in [0.3, 0.4) is 0 Å². The Morgan fingerprint density at radius 2 is 1.96 bits per heavy atom. The maximum Gasteiger partial charge on any atom is 0.416 e. The number of nitrogens with one attached hydrogen (secondary N) is 1. The van der Waals surface area contributed by atoms with E-state index in [1.54, 1.807) is 6.20 Å². The monoisotopic (exact) mass is 388 g/mol. The number of fused-ring (bicyclic) bond motifs is 5. The molecule has 28 heavy (non-hydrogen) atoms. The van der Waals surface area contributed by atoms with Crippen molar-refractivity contribution in [3.63, 3.8) is 0 Å². The standard InChI is InChI=1S/C21H19F3N2O2/c1-10-7-11(5-6-25-10)16-17(19-15-9-14(15)18(16)28-19)20(27)26-13-4-2-3-12(8-13)21(22,23)24/h2-8,14-19H,9H2,1H3,(H,26,27)/t14-,15+,16+,17+,18-,19+/m1/s1. The Balaban J connectivity index is 1.43. The number of anilines is 1. The maximum absolute atomic E-state index is 13.1. The maximum atomic E-state index is 13.1. The lowest BCUT2D eigenvalue weighted by molar-refractivity contribution is -0.137. The van der Waals surface area contributed by atoms with Crippen molar-refractivity contribution in [3.05, 3.63) is 59.4 Å². The van der Waals surface area contributed by atoms with Crippen LogP contribution < -0.4 is 5.32 Å². The number of pyridine rings is 1. The molecule has 2 aromatic rings. The van der Waals surface area contributed by atoms with E-state index < -0.39 is 17.7 Å². The highest BCUT2D eigenvalue weighted by Crippen LogP contribution is 2.65. The molecular weight excluding hydrogens is 369 g/mol. The molecule has 1 amide bonds. The van der Waals surface area contributed by atoms with E-state index in [0.29, 0.717) is 11.8 Å². The Morgan fingerprint density at radius 3 is 2.71 bits per heavy atom. The molecule has 3 heterocycles. The van der Waals surface area contributed by atoms with Crippen LogP contribution in [0.15, 0.2) is 42.6 Å². The Morgan fingerprint density at radius 1 is 1.18 bits per heavy atom. The molecule has 0 unspecified atom stereocenters. The molecule has 1 aliphatic carbocycles. The first-order valence-corrected chi connectivity index (χ1v) is 9.39. The first-order valence-electron chi connectivity index (χ1n) is 9.39. The third-order valence-electron chi connectivity index (χ3n) is 6.21. The number of hydrogen-bond donors (Lipinski definition) is 1. The molecular formula is C21H19F3N2O2. The summed E-state index contributed by atoms with van der Waals surface area (Å²) in [6.45, 7) is 1.90. The van der Waals surface area contributed by atoms with Gasteiger partial charge in [0, 0.05) is 23.5 Å². The summed E-state index contributed by atoms with van der Waals surface area (Å²) in [6, 6.07) is 8.62. The lowest BCUT2D eigenvalue weighted by Crippen LogP contribution is -2.37. The molecule has 0 radical (unpaired) electrons. The van der Waals surface area contributed by atoms with Crippen LogP contribution in [-0.4, -0.2) is 23.1 Å². The van der Waals surface area contributed by atoms with Crippen molar-refractivity contribution in [2.24, 2.45) is 17.8 Å². The van der Waals surface area contributed by atoms with Gasteiger partial charge in [0.25, 0.3) is 0 Å². The molecule has 2 aliphatic heterocycles. The zero-order chi connectivity index (χ0) is 19.6. The van der Waals surface area contributed by atoms with Crippen molar-refractivity contribution in [2.45, 2.75) is 37.6 Å². The molecule has 7 heteroatoms. The minimum atomic E-state index is -4.45. The van der Waals surface area contributed by atoms with E-state index in [-0.39, 0.29) is 29.7 Å². The van der Waals surface area contributed by atoms with Crippen molar-refractivity contribution >= 4 is 11.6 Å². The summed E-state index contributed by atoms with van der Waals surface area (Å²) in [5.74, 6) is 0.0884. The van der Waals surface area contributed by atoms with E-state index >= 15 is 0 Å². The number of halogens is 3. The number of amides is 1. The molecule has 5 rings (SSSR count). The predicted octanol–water partition coefficient (Wildman–Crippen LogP) is 4.16. The summed E-state index contributed by atoms with van der Waals surface area (Å²) in [6.07, 6.45) is -1.84. The zero-order valence-corrected chi connectivity index (χ0v) is 15.1. The van der Waals surface area contributed by atoms with E-state index in [4.69, 9.17) is 4.74 Å². The molecule has 1 N–H and O–H groups in total. The van der Waals surface area contributed by atoms with E-state index in [2.05, 4.69) is 10.3 Å². The van der Waals surface area contributed by atoms with E-state index in [1.807, 2.05) is 19.1 Å². The smallest absolute Gasteiger partial charge is 0.373 e. The molecule has 3 fully saturated rings. The Kier molecular flexibility index (Phi) is 3.81. The Labute approximate surface area is 160 Å². The quantitative estimate of drug-likeness (QED) is 0.859. The number of aromatic nitrogens is 1. The van der Waals surface area contributed by atoms with Crippen molar-refractivity contribution in [3.8, 4) is 0 Å². The van der Waals surface area contributed by atoms with Crippen molar-refractivity contribution in [1.29, 1.82) is 0 Å². The number of carbonyl (C=O) groups excluding carboxylic acids is 1. The van der Waals surface area contributed by atoms with Gasteiger partial charge < -0.3 is 10.1 Å². The van der Waals surface area contributed by atoms with Gasteiger partial charge >= 0.3 is 6.18 Å². The van der Waals surface area contributed by atoms with Crippen LogP contribution in [0.4, 0.5) is 18.9 Å². The summed E-state index contributed by atoms with van der Waals surface area (Å²) >= 11 is 0. The number of aryl methyl sites for hydroxylation is 1. The largest absolute Gasteiger partial charge is 0.416 e. The summed E-state index contributed by atoms with van der Waals surface area (Å²) in [5, 5.41) is 2.70. The van der Waals surface area contributed by atoms with Crippen molar-refractivity contribution in [1.82, 2.24) is 4.98 Å². The topological polar surface area (TPSA) is 51.2 Å². The molecule has 146 valence electrons. The number of hydrogen-bond acceptors (Lipinski definition) is 3. The minimum Gasteiger partial charge on any atom is -0.373 e. The summed E-state index contributed by atoms with van der Waals surface area (Å²) in [7, 11) is 0. The number of benzene rings is 1. The van der Waals surface area contributed by atoms with Gasteiger partial charge in [0.05, 0.1) is 23.7 Å². The average Bonchev–Trinajstić information content (AvgIpc) is 3.25. The first kappa shape index (κ1) is 17.7. The van der Waals surface area contributed by atoms with Crippen molar-refractivity contribution < 1.29 is 22.7 Å².